The molecule has 4 N–H and O–H groups in total. The number of carbonyl (C=O) groups excluding carboxylic acids is 1. The molecule has 10 heteroatoms. The maximum Gasteiger partial charge on any atom is 0.247 e. The molecule has 0 spiro atoms. The normalized spacial score (nSPS) is 14.0. The fourth-order valence-electron chi connectivity index (χ4n) is 5.13. The van der Waals surface area contributed by atoms with Crippen LogP contribution in [0.3, 0.4) is 0 Å². The standard InChI is InChI=1S/C33H38N4O5S/c1-5-41-29-18-22(10-15-28(29)42-20(2)3)31(37-27-14-13-26-25(21(27)4)16-17-35-32(26)34)33(38)36-19-23-8-6-7-9-30(23)43(39,40)24-11-12-24/h6-10,13-18,20,24,31,37H,5,11-12,19H2,1-4H3,(H2,34,35)(H,36,38). The Kier molecular flexibility index (Phi) is 8.77. The first-order chi connectivity index (χ1) is 20.6. The second kappa shape index (κ2) is 12.5. The molecule has 0 aliphatic heterocycles. The summed E-state index contributed by atoms with van der Waals surface area (Å²) >= 11 is 0. The van der Waals surface area contributed by atoms with Crippen molar-refractivity contribution in [1.29, 1.82) is 0 Å². The molecule has 5 rings (SSSR count). The molecule has 1 fully saturated rings. The Morgan fingerprint density at radius 1 is 1.05 bits per heavy atom. The van der Waals surface area contributed by atoms with Crippen LogP contribution in [0.2, 0.25) is 0 Å². The summed E-state index contributed by atoms with van der Waals surface area (Å²) in [4.78, 5) is 18.4. The van der Waals surface area contributed by atoms with Gasteiger partial charge in [0.05, 0.1) is 22.9 Å². The number of amides is 1. The Balaban J connectivity index is 1.50. The van der Waals surface area contributed by atoms with E-state index in [1.807, 2.05) is 58.0 Å². The average Bonchev–Trinajstić information content (AvgIpc) is 3.84. The van der Waals surface area contributed by atoms with Crippen LogP contribution in [0.5, 0.6) is 11.5 Å². The number of aromatic nitrogens is 1. The first kappa shape index (κ1) is 30.2. The number of nitrogen functional groups attached to an aromatic ring is 1. The van der Waals surface area contributed by atoms with Crippen LogP contribution in [0.25, 0.3) is 10.8 Å². The van der Waals surface area contributed by atoms with Gasteiger partial charge >= 0.3 is 0 Å². The van der Waals surface area contributed by atoms with E-state index in [1.54, 1.807) is 36.5 Å². The van der Waals surface area contributed by atoms with Crippen LogP contribution >= 0.6 is 0 Å². The van der Waals surface area contributed by atoms with Gasteiger partial charge in [0.1, 0.15) is 11.9 Å². The number of hydrogen-bond acceptors (Lipinski definition) is 8. The van der Waals surface area contributed by atoms with E-state index in [-0.39, 0.29) is 28.7 Å². The lowest BCUT2D eigenvalue weighted by Crippen LogP contribution is -2.33. The minimum atomic E-state index is -3.43. The Hall–Kier alpha value is -4.31. The summed E-state index contributed by atoms with van der Waals surface area (Å²) < 4.78 is 38.0. The highest BCUT2D eigenvalue weighted by molar-refractivity contribution is 7.92. The van der Waals surface area contributed by atoms with Crippen molar-refractivity contribution in [1.82, 2.24) is 10.3 Å². The molecule has 1 saturated carbocycles. The summed E-state index contributed by atoms with van der Waals surface area (Å²) in [6, 6.07) is 17.1. The van der Waals surface area contributed by atoms with Crippen LogP contribution < -0.4 is 25.8 Å². The lowest BCUT2D eigenvalue weighted by atomic mass is 10.0. The van der Waals surface area contributed by atoms with Crippen LogP contribution in [-0.4, -0.2) is 37.3 Å². The first-order valence-corrected chi connectivity index (χ1v) is 16.1. The van der Waals surface area contributed by atoms with E-state index >= 15 is 0 Å². The van der Waals surface area contributed by atoms with E-state index in [2.05, 4.69) is 15.6 Å². The molecule has 1 amide bonds. The van der Waals surface area contributed by atoms with E-state index in [1.165, 1.54) is 0 Å². The number of benzene rings is 3. The molecule has 0 bridgehead atoms. The smallest absolute Gasteiger partial charge is 0.247 e. The second-order valence-corrected chi connectivity index (χ2v) is 13.2. The molecule has 43 heavy (non-hydrogen) atoms. The van der Waals surface area contributed by atoms with Gasteiger partial charge < -0.3 is 25.8 Å². The minimum absolute atomic E-state index is 0.0589. The van der Waals surface area contributed by atoms with Crippen molar-refractivity contribution in [3.8, 4) is 11.5 Å². The quantitative estimate of drug-likeness (QED) is 0.188. The lowest BCUT2D eigenvalue weighted by Gasteiger charge is -2.24. The number of nitrogens with one attached hydrogen (secondary N) is 2. The number of aryl methyl sites for hydroxylation is 1. The molecule has 0 saturated heterocycles. The predicted molar refractivity (Wildman–Crippen MR) is 169 cm³/mol. The van der Waals surface area contributed by atoms with Crippen molar-refractivity contribution in [3.05, 3.63) is 83.6 Å². The fraction of sp³-hybridized carbons (Fsp3) is 0.333. The van der Waals surface area contributed by atoms with E-state index < -0.39 is 15.9 Å². The fourth-order valence-corrected chi connectivity index (χ4v) is 7.02. The van der Waals surface area contributed by atoms with E-state index in [0.29, 0.717) is 47.9 Å². The van der Waals surface area contributed by atoms with Crippen molar-refractivity contribution >= 4 is 38.0 Å². The maximum atomic E-state index is 14.0. The van der Waals surface area contributed by atoms with E-state index in [4.69, 9.17) is 15.2 Å². The van der Waals surface area contributed by atoms with Crippen LogP contribution in [0.15, 0.2) is 71.8 Å². The number of pyridine rings is 1. The third-order valence-corrected chi connectivity index (χ3v) is 9.83. The number of ether oxygens (including phenoxy) is 2. The van der Waals surface area contributed by atoms with Crippen molar-refractivity contribution in [3.63, 3.8) is 0 Å². The van der Waals surface area contributed by atoms with Gasteiger partial charge in [-0.2, -0.15) is 0 Å². The maximum absolute atomic E-state index is 14.0. The van der Waals surface area contributed by atoms with Gasteiger partial charge in [-0.1, -0.05) is 24.3 Å². The number of hydrogen-bond donors (Lipinski definition) is 3. The van der Waals surface area contributed by atoms with Gasteiger partial charge in [0.2, 0.25) is 5.91 Å². The van der Waals surface area contributed by atoms with Crippen LogP contribution in [0, 0.1) is 6.92 Å². The van der Waals surface area contributed by atoms with Crippen LogP contribution in [-0.2, 0) is 21.2 Å². The van der Waals surface area contributed by atoms with Gasteiger partial charge in [0.25, 0.3) is 0 Å². The molecular formula is C33H38N4O5S. The molecule has 1 aliphatic carbocycles. The molecule has 4 aromatic rings. The van der Waals surface area contributed by atoms with Gasteiger partial charge in [-0.25, -0.2) is 13.4 Å². The zero-order chi connectivity index (χ0) is 30.7. The summed E-state index contributed by atoms with van der Waals surface area (Å²) in [5.41, 5.74) is 8.98. The Morgan fingerprint density at radius 2 is 1.81 bits per heavy atom. The number of sulfone groups is 1. The number of anilines is 2. The molecule has 3 aromatic carbocycles. The third-order valence-electron chi connectivity index (χ3n) is 7.47. The summed E-state index contributed by atoms with van der Waals surface area (Å²) in [5.74, 6) is 1.22. The SMILES string of the molecule is CCOc1cc(C(Nc2ccc3c(N)nccc3c2C)C(=O)NCc2ccccc2S(=O)(=O)C2CC2)ccc1OC(C)C. The largest absolute Gasteiger partial charge is 0.490 e. The molecule has 226 valence electrons. The third kappa shape index (κ3) is 6.54. The Morgan fingerprint density at radius 3 is 2.53 bits per heavy atom. The molecule has 1 aromatic heterocycles. The highest BCUT2D eigenvalue weighted by Crippen LogP contribution is 2.36. The Bertz CT molecular complexity index is 1750. The summed E-state index contributed by atoms with van der Waals surface area (Å²) in [7, 11) is -3.43. The van der Waals surface area contributed by atoms with Gasteiger partial charge in [-0.3, -0.25) is 4.79 Å². The average molecular weight is 603 g/mol. The van der Waals surface area contributed by atoms with Gasteiger partial charge in [0, 0.05) is 23.8 Å². The highest BCUT2D eigenvalue weighted by atomic mass is 32.2. The molecule has 0 radical (unpaired) electrons. The molecule has 1 aliphatic rings. The zero-order valence-electron chi connectivity index (χ0n) is 24.9. The van der Waals surface area contributed by atoms with Crippen molar-refractivity contribution in [2.45, 2.75) is 69.4 Å². The van der Waals surface area contributed by atoms with Crippen LogP contribution in [0.4, 0.5) is 11.5 Å². The first-order valence-electron chi connectivity index (χ1n) is 14.5. The highest BCUT2D eigenvalue weighted by Gasteiger charge is 2.38. The summed E-state index contributed by atoms with van der Waals surface area (Å²) in [5, 5.41) is 7.82. The van der Waals surface area contributed by atoms with Gasteiger partial charge in [-0.15, -0.1) is 0 Å². The van der Waals surface area contributed by atoms with Crippen LogP contribution in [0.1, 0.15) is 56.3 Å². The predicted octanol–water partition coefficient (Wildman–Crippen LogP) is 5.72. The molecule has 1 unspecified atom stereocenters. The topological polar surface area (TPSA) is 133 Å². The van der Waals surface area contributed by atoms with Crippen molar-refractivity contribution in [2.24, 2.45) is 0 Å². The number of rotatable bonds is 12. The monoisotopic (exact) mass is 602 g/mol. The van der Waals surface area contributed by atoms with Gasteiger partial charge in [-0.05, 0) is 99.0 Å². The molecule has 1 atom stereocenters. The van der Waals surface area contributed by atoms with E-state index in [0.717, 1.165) is 22.0 Å². The number of nitrogens with zero attached hydrogens (tertiary/aromatic N) is 1. The second-order valence-electron chi connectivity index (χ2n) is 11.0. The zero-order valence-corrected chi connectivity index (χ0v) is 25.7. The van der Waals surface area contributed by atoms with E-state index in [9.17, 15) is 13.2 Å². The van der Waals surface area contributed by atoms with Crippen molar-refractivity contribution in [2.75, 3.05) is 17.7 Å². The molecule has 9 nitrogen and oxygen atoms in total. The minimum Gasteiger partial charge on any atom is -0.490 e. The molecule has 1 heterocycles. The van der Waals surface area contributed by atoms with Gasteiger partial charge in [0.15, 0.2) is 21.3 Å². The summed E-state index contributed by atoms with van der Waals surface area (Å²) in [6.07, 6.45) is 2.94. The van der Waals surface area contributed by atoms with Crippen molar-refractivity contribution < 1.29 is 22.7 Å². The lowest BCUT2D eigenvalue weighted by molar-refractivity contribution is -0.122. The number of carbonyl (C=O) groups is 1. The number of nitrogens with two attached hydrogens (primary N) is 1. The molecular weight excluding hydrogens is 564 g/mol. The summed E-state index contributed by atoms with van der Waals surface area (Å²) in [6.45, 7) is 8.21. The number of fused-ring (bicyclic) bond motifs is 1. The Labute approximate surface area is 252 Å².